The molecular formula is C28H44N2O6. The van der Waals surface area contributed by atoms with Crippen molar-refractivity contribution in [1.82, 2.24) is 9.80 Å². The van der Waals surface area contributed by atoms with Gasteiger partial charge < -0.3 is 24.4 Å². The van der Waals surface area contributed by atoms with Gasteiger partial charge in [0.25, 0.3) is 0 Å². The van der Waals surface area contributed by atoms with Crippen molar-refractivity contribution < 1.29 is 29.0 Å². The fourth-order valence-corrected chi connectivity index (χ4v) is 6.60. The molecule has 1 spiro atoms. The number of nitrogens with zero attached hydrogens (tertiary/aromatic N) is 2. The van der Waals surface area contributed by atoms with Crippen LogP contribution in [0.15, 0.2) is 25.3 Å². The summed E-state index contributed by atoms with van der Waals surface area (Å²) in [5, 5.41) is 10.4. The van der Waals surface area contributed by atoms with Gasteiger partial charge in [-0.25, -0.2) is 0 Å². The number of carbonyl (C=O) groups excluding carboxylic acids is 3. The first kappa shape index (κ1) is 28.4. The van der Waals surface area contributed by atoms with Crippen LogP contribution in [0.2, 0.25) is 0 Å². The Balaban J connectivity index is 2.18. The summed E-state index contributed by atoms with van der Waals surface area (Å²) in [5.74, 6) is -2.96. The minimum Gasteiger partial charge on any atom is -0.465 e. The molecule has 3 fully saturated rings. The van der Waals surface area contributed by atoms with Crippen LogP contribution in [0.5, 0.6) is 0 Å². The lowest BCUT2D eigenvalue weighted by molar-refractivity contribution is -0.165. The number of hydrogen-bond donors (Lipinski definition) is 1. The number of likely N-dealkylation sites (tertiary alicyclic amines) is 1. The molecule has 0 aliphatic carbocycles. The van der Waals surface area contributed by atoms with E-state index in [9.17, 15) is 19.5 Å². The van der Waals surface area contributed by atoms with Crippen molar-refractivity contribution in [2.75, 3.05) is 19.8 Å². The van der Waals surface area contributed by atoms with Gasteiger partial charge in [-0.1, -0.05) is 32.9 Å². The third-order valence-corrected chi connectivity index (χ3v) is 8.51. The smallest absolute Gasteiger partial charge is 0.312 e. The SMILES string of the molecule is C=CCCOC(=O)[C@@H]1[C@H]2C(=O)N([C@@H](CO)C(C)C)C(C(=O)N(CC=C)C(C)(C)C)C23CC(C)[C@@]1(C)O3. The molecule has 3 saturated heterocycles. The lowest BCUT2D eigenvalue weighted by atomic mass is 9.62. The van der Waals surface area contributed by atoms with E-state index < -0.39 is 46.6 Å². The highest BCUT2D eigenvalue weighted by Gasteiger charge is 2.81. The van der Waals surface area contributed by atoms with Crippen molar-refractivity contribution in [3.05, 3.63) is 25.3 Å². The van der Waals surface area contributed by atoms with E-state index >= 15 is 0 Å². The normalized spacial score (nSPS) is 34.0. The zero-order valence-corrected chi connectivity index (χ0v) is 23.0. The van der Waals surface area contributed by atoms with Crippen molar-refractivity contribution in [2.45, 2.75) is 90.1 Å². The summed E-state index contributed by atoms with van der Waals surface area (Å²) in [6.07, 6.45) is 4.31. The van der Waals surface area contributed by atoms with Gasteiger partial charge in [0.15, 0.2) is 0 Å². The highest BCUT2D eigenvalue weighted by atomic mass is 16.6. The molecule has 3 rings (SSSR count). The second-order valence-corrected chi connectivity index (χ2v) is 12.1. The first-order valence-electron chi connectivity index (χ1n) is 13.1. The Morgan fingerprint density at radius 2 is 1.94 bits per heavy atom. The van der Waals surface area contributed by atoms with Crippen molar-refractivity contribution in [1.29, 1.82) is 0 Å². The van der Waals surface area contributed by atoms with E-state index in [0.29, 0.717) is 19.4 Å². The second-order valence-electron chi connectivity index (χ2n) is 12.1. The van der Waals surface area contributed by atoms with Crippen molar-refractivity contribution in [3.63, 3.8) is 0 Å². The van der Waals surface area contributed by atoms with Crippen molar-refractivity contribution in [3.8, 4) is 0 Å². The van der Waals surface area contributed by atoms with Gasteiger partial charge >= 0.3 is 5.97 Å². The molecule has 2 amide bonds. The summed E-state index contributed by atoms with van der Waals surface area (Å²) in [7, 11) is 0. The van der Waals surface area contributed by atoms with Crippen LogP contribution in [0.25, 0.3) is 0 Å². The predicted octanol–water partition coefficient (Wildman–Crippen LogP) is 2.95. The number of esters is 1. The van der Waals surface area contributed by atoms with Crippen LogP contribution in [0.4, 0.5) is 0 Å². The van der Waals surface area contributed by atoms with Crippen molar-refractivity contribution >= 4 is 17.8 Å². The number of hydrogen-bond acceptors (Lipinski definition) is 6. The van der Waals surface area contributed by atoms with Gasteiger partial charge in [0, 0.05) is 12.1 Å². The van der Waals surface area contributed by atoms with E-state index in [1.807, 2.05) is 48.5 Å². The number of rotatable bonds is 10. The molecule has 0 aromatic rings. The molecule has 36 heavy (non-hydrogen) atoms. The molecular weight excluding hydrogens is 460 g/mol. The fraction of sp³-hybridized carbons (Fsp3) is 0.750. The molecule has 8 heteroatoms. The zero-order chi connectivity index (χ0) is 27.2. The Morgan fingerprint density at radius 3 is 2.44 bits per heavy atom. The minimum absolute atomic E-state index is 0.0807. The van der Waals surface area contributed by atoms with E-state index in [1.165, 1.54) is 4.90 Å². The van der Waals surface area contributed by atoms with E-state index in [1.54, 1.807) is 17.1 Å². The van der Waals surface area contributed by atoms with Gasteiger partial charge in [0.1, 0.15) is 17.6 Å². The zero-order valence-electron chi connectivity index (χ0n) is 23.0. The molecule has 3 unspecified atom stereocenters. The number of carbonyl (C=O) groups is 3. The lowest BCUT2D eigenvalue weighted by Gasteiger charge is -2.44. The number of fused-ring (bicyclic) bond motifs is 1. The van der Waals surface area contributed by atoms with E-state index in [-0.39, 0.29) is 36.9 Å². The molecule has 3 aliphatic heterocycles. The largest absolute Gasteiger partial charge is 0.465 e. The summed E-state index contributed by atoms with van der Waals surface area (Å²) >= 11 is 0. The molecule has 0 radical (unpaired) electrons. The standard InChI is InChI=1S/C28H44N2O6/c1-10-12-14-35-25(34)21-20-23(32)30(19(16-31)17(3)4)22(24(33)29(13-11-2)26(6,7)8)28(20)15-18(5)27(21,9)36-28/h10-11,17-22,31H,1-2,12-16H2,3-9H3/t18?,19-,20-,21-,22?,27+,28?/m0/s1. The van der Waals surface area contributed by atoms with E-state index in [0.717, 1.165) is 0 Å². The third-order valence-electron chi connectivity index (χ3n) is 8.51. The Bertz CT molecular complexity index is 910. The number of amides is 2. The topological polar surface area (TPSA) is 96.4 Å². The van der Waals surface area contributed by atoms with Gasteiger partial charge in [0.2, 0.25) is 11.8 Å². The molecule has 3 heterocycles. The maximum absolute atomic E-state index is 14.4. The lowest BCUT2D eigenvalue weighted by Crippen LogP contribution is -2.62. The van der Waals surface area contributed by atoms with E-state index in [2.05, 4.69) is 13.2 Å². The quantitative estimate of drug-likeness (QED) is 0.279. The molecule has 2 bridgehead atoms. The fourth-order valence-electron chi connectivity index (χ4n) is 6.60. The number of aliphatic hydroxyl groups is 1. The molecule has 8 nitrogen and oxygen atoms in total. The minimum atomic E-state index is -1.18. The predicted molar refractivity (Wildman–Crippen MR) is 137 cm³/mol. The number of ether oxygens (including phenoxy) is 2. The van der Waals surface area contributed by atoms with Crippen LogP contribution in [0, 0.1) is 23.7 Å². The van der Waals surface area contributed by atoms with Crippen LogP contribution in [0.3, 0.4) is 0 Å². The Labute approximate surface area is 215 Å². The van der Waals surface area contributed by atoms with Gasteiger partial charge in [-0.15, -0.1) is 13.2 Å². The van der Waals surface area contributed by atoms with Crippen LogP contribution in [-0.2, 0) is 23.9 Å². The van der Waals surface area contributed by atoms with Gasteiger partial charge in [-0.2, -0.15) is 0 Å². The van der Waals surface area contributed by atoms with E-state index in [4.69, 9.17) is 9.47 Å². The Hall–Kier alpha value is -2.19. The molecule has 3 aliphatic rings. The Kier molecular flexibility index (Phi) is 7.83. The maximum Gasteiger partial charge on any atom is 0.312 e. The van der Waals surface area contributed by atoms with Gasteiger partial charge in [-0.3, -0.25) is 14.4 Å². The molecule has 0 aromatic carbocycles. The summed E-state index contributed by atoms with van der Waals surface area (Å²) in [5.41, 5.74) is -2.67. The summed E-state index contributed by atoms with van der Waals surface area (Å²) in [4.78, 5) is 45.3. The molecule has 7 atom stereocenters. The first-order chi connectivity index (χ1) is 16.7. The summed E-state index contributed by atoms with van der Waals surface area (Å²) in [6, 6.07) is -1.57. The third kappa shape index (κ3) is 4.20. The van der Waals surface area contributed by atoms with Gasteiger partial charge in [0.05, 0.1) is 30.8 Å². The monoisotopic (exact) mass is 504 g/mol. The summed E-state index contributed by atoms with van der Waals surface area (Å²) in [6.45, 7) is 21.2. The molecule has 202 valence electrons. The van der Waals surface area contributed by atoms with Crippen LogP contribution < -0.4 is 0 Å². The summed E-state index contributed by atoms with van der Waals surface area (Å²) < 4.78 is 12.3. The van der Waals surface area contributed by atoms with Gasteiger partial charge in [-0.05, 0) is 52.4 Å². The number of aliphatic hydroxyl groups excluding tert-OH is 1. The Morgan fingerprint density at radius 1 is 1.31 bits per heavy atom. The highest BCUT2D eigenvalue weighted by Crippen LogP contribution is 2.66. The van der Waals surface area contributed by atoms with Crippen molar-refractivity contribution in [2.24, 2.45) is 23.7 Å². The first-order valence-corrected chi connectivity index (χ1v) is 13.1. The van der Waals surface area contributed by atoms with Crippen LogP contribution in [-0.4, -0.2) is 81.3 Å². The van der Waals surface area contributed by atoms with Crippen LogP contribution in [0.1, 0.15) is 61.3 Å². The second kappa shape index (κ2) is 9.93. The highest BCUT2D eigenvalue weighted by molar-refractivity contribution is 5.99. The van der Waals surface area contributed by atoms with Crippen LogP contribution >= 0.6 is 0 Å². The average Bonchev–Trinajstić information content (AvgIpc) is 3.28. The molecule has 0 saturated carbocycles. The molecule has 0 aromatic heterocycles. The molecule has 1 N–H and O–H groups in total. The average molecular weight is 505 g/mol. The maximum atomic E-state index is 14.4.